The molecule has 25 heavy (non-hydrogen) atoms. The molecule has 0 atom stereocenters. The molecule has 1 amide bonds. The van der Waals surface area contributed by atoms with E-state index in [9.17, 15) is 18.5 Å². The van der Waals surface area contributed by atoms with Crippen molar-refractivity contribution in [3.05, 3.63) is 59.2 Å². The van der Waals surface area contributed by atoms with Crippen LogP contribution in [0.2, 0.25) is 0 Å². The Balaban J connectivity index is 2.11. The van der Waals surface area contributed by atoms with E-state index in [2.05, 4.69) is 10.6 Å². The number of sulfonamides is 1. The van der Waals surface area contributed by atoms with Crippen molar-refractivity contribution < 1.29 is 13.2 Å². The standard InChI is InChI=1S/C17H18N4O3S/c1-2-20-17(22)13-5-3-12(4-6-13)11-21-16-8-7-15(25(19,23)24)9-14(16)10-18/h3-9,21H,2,11H2,1H3,(H,20,22)(H2,19,23,24). The Hall–Kier alpha value is -2.89. The zero-order valence-corrected chi connectivity index (χ0v) is 14.4. The molecule has 4 N–H and O–H groups in total. The Labute approximate surface area is 146 Å². The summed E-state index contributed by atoms with van der Waals surface area (Å²) < 4.78 is 22.7. The van der Waals surface area contributed by atoms with Crippen LogP contribution < -0.4 is 15.8 Å². The molecule has 2 aromatic carbocycles. The summed E-state index contributed by atoms with van der Waals surface area (Å²) >= 11 is 0. The molecule has 0 bridgehead atoms. The number of nitrogens with one attached hydrogen (secondary N) is 2. The van der Waals surface area contributed by atoms with Crippen molar-refractivity contribution in [3.8, 4) is 6.07 Å². The molecule has 8 heteroatoms. The summed E-state index contributed by atoms with van der Waals surface area (Å²) in [5.74, 6) is -0.132. The van der Waals surface area contributed by atoms with Gasteiger partial charge in [-0.2, -0.15) is 5.26 Å². The fourth-order valence-corrected chi connectivity index (χ4v) is 2.72. The van der Waals surface area contributed by atoms with Crippen molar-refractivity contribution in [2.75, 3.05) is 11.9 Å². The molecule has 0 aliphatic rings. The number of nitrogens with zero attached hydrogens (tertiary/aromatic N) is 1. The lowest BCUT2D eigenvalue weighted by molar-refractivity contribution is 0.0956. The number of hydrogen-bond donors (Lipinski definition) is 3. The molecule has 2 rings (SSSR count). The highest BCUT2D eigenvalue weighted by Gasteiger charge is 2.11. The molecular weight excluding hydrogens is 340 g/mol. The third-order valence-corrected chi connectivity index (χ3v) is 4.39. The van der Waals surface area contributed by atoms with E-state index >= 15 is 0 Å². The maximum atomic E-state index is 11.7. The SMILES string of the molecule is CCNC(=O)c1ccc(CNc2ccc(S(N)(=O)=O)cc2C#N)cc1. The molecule has 0 unspecified atom stereocenters. The van der Waals surface area contributed by atoms with Crippen LogP contribution in [-0.2, 0) is 16.6 Å². The van der Waals surface area contributed by atoms with Crippen molar-refractivity contribution in [2.24, 2.45) is 5.14 Å². The normalized spacial score (nSPS) is 10.8. The van der Waals surface area contributed by atoms with E-state index in [0.717, 1.165) is 5.56 Å². The Morgan fingerprint density at radius 3 is 2.44 bits per heavy atom. The number of rotatable bonds is 6. The van der Waals surface area contributed by atoms with Crippen molar-refractivity contribution >= 4 is 21.6 Å². The number of amides is 1. The summed E-state index contributed by atoms with van der Waals surface area (Å²) in [6.07, 6.45) is 0. The van der Waals surface area contributed by atoms with Crippen molar-refractivity contribution in [2.45, 2.75) is 18.4 Å². The molecule has 0 fully saturated rings. The third-order valence-electron chi connectivity index (χ3n) is 3.48. The number of anilines is 1. The minimum absolute atomic E-state index is 0.110. The van der Waals surface area contributed by atoms with Crippen molar-refractivity contribution in [3.63, 3.8) is 0 Å². The number of nitrogens with two attached hydrogens (primary N) is 1. The lowest BCUT2D eigenvalue weighted by Gasteiger charge is -2.10. The molecule has 0 radical (unpaired) electrons. The predicted octanol–water partition coefficient (Wildman–Crippen LogP) is 1.57. The van der Waals surface area contributed by atoms with E-state index < -0.39 is 10.0 Å². The summed E-state index contributed by atoms with van der Waals surface area (Å²) in [6.45, 7) is 2.83. The number of carbonyl (C=O) groups excluding carboxylic acids is 1. The summed E-state index contributed by atoms with van der Waals surface area (Å²) in [7, 11) is -3.85. The van der Waals surface area contributed by atoms with Crippen molar-refractivity contribution in [1.82, 2.24) is 5.32 Å². The molecule has 0 saturated carbocycles. The Bertz CT molecular complexity index is 916. The molecule has 0 saturated heterocycles. The molecule has 0 spiro atoms. The Morgan fingerprint density at radius 1 is 1.20 bits per heavy atom. The van der Waals surface area contributed by atoms with Gasteiger partial charge in [-0.05, 0) is 42.8 Å². The summed E-state index contributed by atoms with van der Waals surface area (Å²) in [5, 5.41) is 20.0. The van der Waals surface area contributed by atoms with Gasteiger partial charge in [0.2, 0.25) is 10.0 Å². The third kappa shape index (κ3) is 4.79. The van der Waals surface area contributed by atoms with Crippen LogP contribution in [-0.4, -0.2) is 20.9 Å². The first kappa shape index (κ1) is 18.4. The average molecular weight is 358 g/mol. The largest absolute Gasteiger partial charge is 0.380 e. The van der Waals surface area contributed by atoms with Crippen LogP contribution in [0.3, 0.4) is 0 Å². The zero-order chi connectivity index (χ0) is 18.4. The van der Waals surface area contributed by atoms with Gasteiger partial charge in [0, 0.05) is 18.7 Å². The fraction of sp³-hybridized carbons (Fsp3) is 0.176. The van der Waals surface area contributed by atoms with Gasteiger partial charge in [0.25, 0.3) is 5.91 Å². The van der Waals surface area contributed by atoms with Gasteiger partial charge in [-0.25, -0.2) is 13.6 Å². The highest BCUT2D eigenvalue weighted by Crippen LogP contribution is 2.20. The van der Waals surface area contributed by atoms with Gasteiger partial charge < -0.3 is 10.6 Å². The van der Waals surface area contributed by atoms with Crippen LogP contribution >= 0.6 is 0 Å². The first-order valence-electron chi connectivity index (χ1n) is 7.53. The van der Waals surface area contributed by atoms with E-state index in [4.69, 9.17) is 5.14 Å². The molecule has 0 aliphatic heterocycles. The highest BCUT2D eigenvalue weighted by atomic mass is 32.2. The van der Waals surface area contributed by atoms with Crippen LogP contribution in [0.4, 0.5) is 5.69 Å². The molecule has 0 aliphatic carbocycles. The van der Waals surface area contributed by atoms with E-state index in [1.54, 1.807) is 12.1 Å². The van der Waals surface area contributed by atoms with Crippen LogP contribution in [0, 0.1) is 11.3 Å². The van der Waals surface area contributed by atoms with E-state index in [0.29, 0.717) is 24.3 Å². The maximum Gasteiger partial charge on any atom is 0.251 e. The van der Waals surface area contributed by atoms with Crippen LogP contribution in [0.1, 0.15) is 28.4 Å². The first-order chi connectivity index (χ1) is 11.8. The predicted molar refractivity (Wildman–Crippen MR) is 94.3 cm³/mol. The minimum Gasteiger partial charge on any atom is -0.380 e. The molecular formula is C17H18N4O3S. The summed E-state index contributed by atoms with van der Waals surface area (Å²) in [5.41, 5.74) is 2.17. The van der Waals surface area contributed by atoms with Gasteiger partial charge >= 0.3 is 0 Å². The van der Waals surface area contributed by atoms with Crippen LogP contribution in [0.5, 0.6) is 0 Å². The van der Waals surface area contributed by atoms with E-state index in [1.165, 1.54) is 18.2 Å². The number of primary sulfonamides is 1. The molecule has 0 heterocycles. The second-order valence-electron chi connectivity index (χ2n) is 5.27. The van der Waals surface area contributed by atoms with E-state index in [1.807, 2.05) is 25.1 Å². The number of hydrogen-bond acceptors (Lipinski definition) is 5. The lowest BCUT2D eigenvalue weighted by atomic mass is 10.1. The second-order valence-corrected chi connectivity index (χ2v) is 6.84. The van der Waals surface area contributed by atoms with Gasteiger partial charge in [-0.1, -0.05) is 12.1 Å². The molecule has 130 valence electrons. The van der Waals surface area contributed by atoms with Gasteiger partial charge in [0.1, 0.15) is 6.07 Å². The maximum absolute atomic E-state index is 11.7. The summed E-state index contributed by atoms with van der Waals surface area (Å²) in [6, 6.07) is 13.1. The fourth-order valence-electron chi connectivity index (χ4n) is 2.18. The smallest absolute Gasteiger partial charge is 0.251 e. The van der Waals surface area contributed by atoms with Crippen LogP contribution in [0.15, 0.2) is 47.4 Å². The molecule has 2 aromatic rings. The van der Waals surface area contributed by atoms with Crippen LogP contribution in [0.25, 0.3) is 0 Å². The number of carbonyl (C=O) groups is 1. The Morgan fingerprint density at radius 2 is 1.88 bits per heavy atom. The summed E-state index contributed by atoms with van der Waals surface area (Å²) in [4.78, 5) is 11.6. The van der Waals surface area contributed by atoms with Gasteiger partial charge in [-0.3, -0.25) is 4.79 Å². The topological polar surface area (TPSA) is 125 Å². The Kier molecular flexibility index (Phi) is 5.75. The molecule has 0 aromatic heterocycles. The average Bonchev–Trinajstić information content (AvgIpc) is 2.59. The number of benzene rings is 2. The van der Waals surface area contributed by atoms with Gasteiger partial charge in [0.15, 0.2) is 0 Å². The van der Waals surface area contributed by atoms with Gasteiger partial charge in [-0.15, -0.1) is 0 Å². The first-order valence-corrected chi connectivity index (χ1v) is 9.07. The monoisotopic (exact) mass is 358 g/mol. The highest BCUT2D eigenvalue weighted by molar-refractivity contribution is 7.89. The van der Waals surface area contributed by atoms with E-state index in [-0.39, 0.29) is 16.4 Å². The quantitative estimate of drug-likeness (QED) is 0.723. The van der Waals surface area contributed by atoms with Gasteiger partial charge in [0.05, 0.1) is 16.1 Å². The second kappa shape index (κ2) is 7.79. The minimum atomic E-state index is -3.85. The zero-order valence-electron chi connectivity index (χ0n) is 13.6. The van der Waals surface area contributed by atoms with Crippen molar-refractivity contribution in [1.29, 1.82) is 5.26 Å². The molecule has 7 nitrogen and oxygen atoms in total. The number of nitriles is 1. The lowest BCUT2D eigenvalue weighted by Crippen LogP contribution is -2.22.